The van der Waals surface area contributed by atoms with Crippen LogP contribution in [0, 0.1) is 13.8 Å². The number of anilines is 2. The molecule has 5 nitrogen and oxygen atoms in total. The van der Waals surface area contributed by atoms with Crippen LogP contribution in [0.5, 0.6) is 0 Å². The summed E-state index contributed by atoms with van der Waals surface area (Å²) in [6, 6.07) is 9.46. The van der Waals surface area contributed by atoms with Gasteiger partial charge in [0.25, 0.3) is 5.91 Å². The first-order chi connectivity index (χ1) is 10.6. The fourth-order valence-electron chi connectivity index (χ4n) is 2.10. The van der Waals surface area contributed by atoms with Gasteiger partial charge in [-0.1, -0.05) is 17.7 Å². The molecule has 1 amide bonds. The number of hydrogen-bond acceptors (Lipinski definition) is 4. The van der Waals surface area contributed by atoms with Gasteiger partial charge in [-0.15, -0.1) is 0 Å². The molecule has 5 heteroatoms. The standard InChI is InChI=1S/C17H21N3O2/c1-12-4-5-15(13(2)10-12)20-17(21)16-11-14(6-7-19-16)18-8-9-22-3/h4-7,10-11H,8-9H2,1-3H3,(H,18,19)(H,20,21). The molecule has 116 valence electrons. The van der Waals surface area contributed by atoms with Crippen LogP contribution in [0.3, 0.4) is 0 Å². The fraction of sp³-hybridized carbons (Fsp3) is 0.294. The number of carbonyl (C=O) groups is 1. The third-order valence-electron chi connectivity index (χ3n) is 3.26. The van der Waals surface area contributed by atoms with Crippen LogP contribution in [0.2, 0.25) is 0 Å². The normalized spacial score (nSPS) is 10.3. The van der Waals surface area contributed by atoms with Gasteiger partial charge in [0.2, 0.25) is 0 Å². The zero-order valence-electron chi connectivity index (χ0n) is 13.1. The lowest BCUT2D eigenvalue weighted by molar-refractivity contribution is 0.102. The summed E-state index contributed by atoms with van der Waals surface area (Å²) in [6.07, 6.45) is 1.62. The molecule has 0 fully saturated rings. The Hall–Kier alpha value is -2.40. The number of nitrogens with zero attached hydrogens (tertiary/aromatic N) is 1. The predicted molar refractivity (Wildman–Crippen MR) is 88.5 cm³/mol. The molecule has 2 rings (SSSR count). The van der Waals surface area contributed by atoms with Crippen molar-refractivity contribution in [1.82, 2.24) is 4.98 Å². The number of hydrogen-bond donors (Lipinski definition) is 2. The summed E-state index contributed by atoms with van der Waals surface area (Å²) >= 11 is 0. The molecule has 1 heterocycles. The van der Waals surface area contributed by atoms with Crippen molar-refractivity contribution in [1.29, 1.82) is 0 Å². The molecule has 1 aromatic heterocycles. The van der Waals surface area contributed by atoms with Gasteiger partial charge in [-0.3, -0.25) is 9.78 Å². The lowest BCUT2D eigenvalue weighted by Gasteiger charge is -2.10. The van der Waals surface area contributed by atoms with Crippen LogP contribution in [0.1, 0.15) is 21.6 Å². The van der Waals surface area contributed by atoms with Gasteiger partial charge in [0.15, 0.2) is 0 Å². The van der Waals surface area contributed by atoms with E-state index in [9.17, 15) is 4.79 Å². The highest BCUT2D eigenvalue weighted by molar-refractivity contribution is 6.03. The van der Waals surface area contributed by atoms with Crippen LogP contribution in [-0.2, 0) is 4.74 Å². The smallest absolute Gasteiger partial charge is 0.274 e. The fourth-order valence-corrected chi connectivity index (χ4v) is 2.10. The van der Waals surface area contributed by atoms with E-state index in [1.54, 1.807) is 19.4 Å². The van der Waals surface area contributed by atoms with Gasteiger partial charge in [0, 0.05) is 31.2 Å². The second-order valence-electron chi connectivity index (χ2n) is 5.12. The van der Waals surface area contributed by atoms with Gasteiger partial charge in [0.05, 0.1) is 6.61 Å². The van der Waals surface area contributed by atoms with Crippen molar-refractivity contribution < 1.29 is 9.53 Å². The number of ether oxygens (including phenoxy) is 1. The van der Waals surface area contributed by atoms with Gasteiger partial charge in [-0.2, -0.15) is 0 Å². The van der Waals surface area contributed by atoms with Gasteiger partial charge in [-0.25, -0.2) is 0 Å². The Morgan fingerprint density at radius 1 is 1.23 bits per heavy atom. The first-order valence-corrected chi connectivity index (χ1v) is 7.17. The predicted octanol–water partition coefficient (Wildman–Crippen LogP) is 3.01. The molecule has 22 heavy (non-hydrogen) atoms. The number of aryl methyl sites for hydroxylation is 2. The third-order valence-corrected chi connectivity index (χ3v) is 3.26. The second-order valence-corrected chi connectivity index (χ2v) is 5.12. The second kappa shape index (κ2) is 7.56. The van der Waals surface area contributed by atoms with Crippen molar-refractivity contribution in [2.24, 2.45) is 0 Å². The van der Waals surface area contributed by atoms with Crippen molar-refractivity contribution >= 4 is 17.3 Å². The Balaban J connectivity index is 2.07. The zero-order valence-corrected chi connectivity index (χ0v) is 13.1. The van der Waals surface area contributed by atoms with Crippen molar-refractivity contribution in [2.45, 2.75) is 13.8 Å². The molecule has 0 bridgehead atoms. The van der Waals surface area contributed by atoms with E-state index in [0.717, 1.165) is 22.5 Å². The Morgan fingerprint density at radius 3 is 2.77 bits per heavy atom. The Kier molecular flexibility index (Phi) is 5.49. The summed E-state index contributed by atoms with van der Waals surface area (Å²) in [6.45, 7) is 5.28. The van der Waals surface area contributed by atoms with E-state index in [0.29, 0.717) is 18.8 Å². The molecule has 0 radical (unpaired) electrons. The van der Waals surface area contributed by atoms with E-state index >= 15 is 0 Å². The number of pyridine rings is 1. The molecule has 0 aliphatic rings. The quantitative estimate of drug-likeness (QED) is 0.805. The van der Waals surface area contributed by atoms with E-state index in [1.807, 2.05) is 38.1 Å². The summed E-state index contributed by atoms with van der Waals surface area (Å²) in [5.74, 6) is -0.220. The maximum absolute atomic E-state index is 12.3. The number of amides is 1. The molecule has 0 aliphatic heterocycles. The topological polar surface area (TPSA) is 63.2 Å². The van der Waals surface area contributed by atoms with Gasteiger partial charge < -0.3 is 15.4 Å². The molecule has 0 spiro atoms. The average molecular weight is 299 g/mol. The summed E-state index contributed by atoms with van der Waals surface area (Å²) < 4.78 is 4.99. The number of benzene rings is 1. The Bertz CT molecular complexity index is 656. The summed E-state index contributed by atoms with van der Waals surface area (Å²) in [4.78, 5) is 16.4. The molecule has 0 unspecified atom stereocenters. The molecular formula is C17H21N3O2. The van der Waals surface area contributed by atoms with E-state index in [-0.39, 0.29) is 5.91 Å². The van der Waals surface area contributed by atoms with E-state index < -0.39 is 0 Å². The van der Waals surface area contributed by atoms with Crippen LogP contribution in [-0.4, -0.2) is 31.2 Å². The number of rotatable bonds is 6. The van der Waals surface area contributed by atoms with Crippen molar-refractivity contribution in [3.8, 4) is 0 Å². The van der Waals surface area contributed by atoms with Crippen LogP contribution in [0.25, 0.3) is 0 Å². The Labute approximate surface area is 130 Å². The van der Waals surface area contributed by atoms with Crippen LogP contribution in [0.4, 0.5) is 11.4 Å². The molecule has 0 saturated heterocycles. The molecule has 0 aliphatic carbocycles. The van der Waals surface area contributed by atoms with Crippen molar-refractivity contribution in [3.05, 3.63) is 53.3 Å². The first-order valence-electron chi connectivity index (χ1n) is 7.17. The number of nitrogens with one attached hydrogen (secondary N) is 2. The first kappa shape index (κ1) is 16.0. The number of carbonyl (C=O) groups excluding carboxylic acids is 1. The van der Waals surface area contributed by atoms with Crippen LogP contribution in [0.15, 0.2) is 36.5 Å². The van der Waals surface area contributed by atoms with E-state index in [2.05, 4.69) is 15.6 Å². The van der Waals surface area contributed by atoms with Crippen molar-refractivity contribution in [3.63, 3.8) is 0 Å². The summed E-state index contributed by atoms with van der Waals surface area (Å²) in [7, 11) is 1.65. The van der Waals surface area contributed by atoms with Gasteiger partial charge in [0.1, 0.15) is 5.69 Å². The monoisotopic (exact) mass is 299 g/mol. The lowest BCUT2D eigenvalue weighted by atomic mass is 10.1. The molecule has 2 N–H and O–H groups in total. The van der Waals surface area contributed by atoms with Crippen molar-refractivity contribution in [2.75, 3.05) is 30.9 Å². The molecule has 0 saturated carbocycles. The summed E-state index contributed by atoms with van der Waals surface area (Å²) in [5, 5.41) is 6.07. The number of aromatic nitrogens is 1. The maximum Gasteiger partial charge on any atom is 0.274 e. The molecule has 2 aromatic rings. The lowest BCUT2D eigenvalue weighted by Crippen LogP contribution is -2.15. The minimum absolute atomic E-state index is 0.220. The highest BCUT2D eigenvalue weighted by Crippen LogP contribution is 2.17. The minimum atomic E-state index is -0.220. The maximum atomic E-state index is 12.3. The van der Waals surface area contributed by atoms with Crippen LogP contribution < -0.4 is 10.6 Å². The zero-order chi connectivity index (χ0) is 15.9. The van der Waals surface area contributed by atoms with Crippen LogP contribution >= 0.6 is 0 Å². The largest absolute Gasteiger partial charge is 0.383 e. The minimum Gasteiger partial charge on any atom is -0.383 e. The Morgan fingerprint density at radius 2 is 2.05 bits per heavy atom. The van der Waals surface area contributed by atoms with Gasteiger partial charge in [-0.05, 0) is 37.6 Å². The average Bonchev–Trinajstić information content (AvgIpc) is 2.50. The highest BCUT2D eigenvalue weighted by Gasteiger charge is 2.10. The van der Waals surface area contributed by atoms with Gasteiger partial charge >= 0.3 is 0 Å². The molecule has 1 aromatic carbocycles. The molecule has 0 atom stereocenters. The summed E-state index contributed by atoms with van der Waals surface area (Å²) in [5.41, 5.74) is 4.22. The third kappa shape index (κ3) is 4.30. The van der Waals surface area contributed by atoms with E-state index in [4.69, 9.17) is 4.74 Å². The molecular weight excluding hydrogens is 278 g/mol. The highest BCUT2D eigenvalue weighted by atomic mass is 16.5. The number of methoxy groups -OCH3 is 1. The SMILES string of the molecule is COCCNc1ccnc(C(=O)Nc2ccc(C)cc2C)c1. The van der Waals surface area contributed by atoms with E-state index in [1.165, 1.54) is 0 Å².